The largest absolute Gasteiger partial charge is 0.480 e. The fraction of sp³-hybridized carbons (Fsp3) is 0.500. The number of carboxylic acids is 1. The maximum Gasteiger partial charge on any atom is 0.408 e. The fourth-order valence-corrected chi connectivity index (χ4v) is 1.78. The molecule has 0 heterocycles. The highest BCUT2D eigenvalue weighted by Crippen LogP contribution is 2.04. The van der Waals surface area contributed by atoms with E-state index in [9.17, 15) is 14.7 Å². The number of carboxylic acid groups (broad SMARTS) is 1. The van der Waals surface area contributed by atoms with E-state index in [0.29, 0.717) is 6.61 Å². The van der Waals surface area contributed by atoms with Crippen LogP contribution in [0, 0.1) is 0 Å². The second kappa shape index (κ2) is 9.78. The first kappa shape index (κ1) is 18.0. The van der Waals surface area contributed by atoms with Crippen molar-refractivity contribution >= 4 is 12.1 Å². The molecule has 122 valence electrons. The zero-order valence-corrected chi connectivity index (χ0v) is 13.0. The minimum Gasteiger partial charge on any atom is -0.480 e. The number of hydrogen-bond acceptors (Lipinski definition) is 4. The van der Waals surface area contributed by atoms with Crippen LogP contribution in [-0.2, 0) is 20.9 Å². The van der Waals surface area contributed by atoms with Crippen molar-refractivity contribution in [2.75, 3.05) is 6.61 Å². The molecule has 1 aromatic rings. The molecule has 0 saturated carbocycles. The zero-order valence-electron chi connectivity index (χ0n) is 13.0. The van der Waals surface area contributed by atoms with Gasteiger partial charge in [-0.3, -0.25) is 0 Å². The highest BCUT2D eigenvalue weighted by atomic mass is 16.5. The Morgan fingerprint density at radius 3 is 2.55 bits per heavy atom. The number of carbonyl (C=O) groups excluding carboxylic acids is 1. The predicted octanol–water partition coefficient (Wildman–Crippen LogP) is 2.57. The summed E-state index contributed by atoms with van der Waals surface area (Å²) in [6.45, 7) is 4.18. The molecule has 0 aromatic heterocycles. The van der Waals surface area contributed by atoms with E-state index in [0.717, 1.165) is 18.4 Å². The topological polar surface area (TPSA) is 84.9 Å². The van der Waals surface area contributed by atoms with Crippen LogP contribution in [0.1, 0.15) is 32.3 Å². The summed E-state index contributed by atoms with van der Waals surface area (Å²) in [7, 11) is 0. The second-order valence-electron chi connectivity index (χ2n) is 4.95. The first-order valence-electron chi connectivity index (χ1n) is 7.36. The van der Waals surface area contributed by atoms with Gasteiger partial charge in [0.1, 0.15) is 6.61 Å². The first-order chi connectivity index (χ1) is 10.5. The number of hydrogen-bond donors (Lipinski definition) is 2. The summed E-state index contributed by atoms with van der Waals surface area (Å²) in [5.74, 6) is -1.15. The van der Waals surface area contributed by atoms with Gasteiger partial charge in [0.05, 0.1) is 6.10 Å². The van der Waals surface area contributed by atoms with Crippen molar-refractivity contribution in [3.8, 4) is 0 Å². The zero-order chi connectivity index (χ0) is 16.4. The van der Waals surface area contributed by atoms with Gasteiger partial charge in [-0.25, -0.2) is 9.59 Å². The lowest BCUT2D eigenvalue weighted by molar-refractivity contribution is -0.143. The van der Waals surface area contributed by atoms with Crippen LogP contribution in [0.4, 0.5) is 4.79 Å². The quantitative estimate of drug-likeness (QED) is 0.685. The third kappa shape index (κ3) is 6.58. The van der Waals surface area contributed by atoms with Crippen LogP contribution in [-0.4, -0.2) is 35.9 Å². The predicted molar refractivity (Wildman–Crippen MR) is 81.5 cm³/mol. The van der Waals surface area contributed by atoms with Crippen LogP contribution in [0.2, 0.25) is 0 Å². The maximum atomic E-state index is 11.7. The number of amides is 1. The summed E-state index contributed by atoms with van der Waals surface area (Å²) < 4.78 is 10.4. The Hall–Kier alpha value is -2.08. The van der Waals surface area contributed by atoms with E-state index in [1.807, 2.05) is 37.3 Å². The monoisotopic (exact) mass is 309 g/mol. The molecule has 2 N–H and O–H groups in total. The highest BCUT2D eigenvalue weighted by molar-refractivity contribution is 5.80. The van der Waals surface area contributed by atoms with Crippen LogP contribution in [0.3, 0.4) is 0 Å². The highest BCUT2D eigenvalue weighted by Gasteiger charge is 2.27. The molecule has 0 fully saturated rings. The molecule has 1 rings (SSSR count). The van der Waals surface area contributed by atoms with Gasteiger partial charge in [0.25, 0.3) is 0 Å². The van der Waals surface area contributed by atoms with E-state index in [-0.39, 0.29) is 6.61 Å². The van der Waals surface area contributed by atoms with Crippen molar-refractivity contribution in [1.82, 2.24) is 5.32 Å². The number of carbonyl (C=O) groups is 2. The lowest BCUT2D eigenvalue weighted by atomic mass is 10.2. The molecule has 0 spiro atoms. The average Bonchev–Trinajstić information content (AvgIpc) is 2.51. The average molecular weight is 309 g/mol. The molecule has 0 aliphatic carbocycles. The van der Waals surface area contributed by atoms with Gasteiger partial charge >= 0.3 is 12.1 Å². The Morgan fingerprint density at radius 2 is 1.95 bits per heavy atom. The molecule has 6 heteroatoms. The van der Waals surface area contributed by atoms with E-state index in [1.165, 1.54) is 0 Å². The van der Waals surface area contributed by atoms with Gasteiger partial charge in [-0.15, -0.1) is 0 Å². The number of ether oxygens (including phenoxy) is 2. The lowest BCUT2D eigenvalue weighted by Gasteiger charge is -2.21. The number of unbranched alkanes of at least 4 members (excludes halogenated alkanes) is 1. The first-order valence-corrected chi connectivity index (χ1v) is 7.36. The van der Waals surface area contributed by atoms with Gasteiger partial charge in [-0.05, 0) is 18.9 Å². The van der Waals surface area contributed by atoms with Gasteiger partial charge in [-0.2, -0.15) is 0 Å². The number of aliphatic carboxylic acids is 1. The number of rotatable bonds is 9. The Morgan fingerprint density at radius 1 is 1.27 bits per heavy atom. The van der Waals surface area contributed by atoms with E-state index in [4.69, 9.17) is 9.47 Å². The number of alkyl carbamates (subject to hydrolysis) is 1. The molecule has 6 nitrogen and oxygen atoms in total. The van der Waals surface area contributed by atoms with Gasteiger partial charge < -0.3 is 19.9 Å². The van der Waals surface area contributed by atoms with E-state index < -0.39 is 24.2 Å². The molecule has 22 heavy (non-hydrogen) atoms. The van der Waals surface area contributed by atoms with Gasteiger partial charge in [0.15, 0.2) is 6.04 Å². The summed E-state index contributed by atoms with van der Waals surface area (Å²) in [5, 5.41) is 11.5. The lowest BCUT2D eigenvalue weighted by Crippen LogP contribution is -2.48. The molecule has 0 radical (unpaired) electrons. The fourth-order valence-electron chi connectivity index (χ4n) is 1.78. The molecule has 0 aliphatic rings. The Labute approximate surface area is 130 Å². The van der Waals surface area contributed by atoms with Crippen LogP contribution in [0.5, 0.6) is 0 Å². The SMILES string of the molecule is CCCCOC(C)[C@H](NC(=O)OCc1ccccc1)C(=O)O. The smallest absolute Gasteiger partial charge is 0.408 e. The minimum absolute atomic E-state index is 0.0874. The molecule has 1 amide bonds. The number of benzene rings is 1. The van der Waals surface area contributed by atoms with Crippen LogP contribution >= 0.6 is 0 Å². The third-order valence-electron chi connectivity index (χ3n) is 3.10. The summed E-state index contributed by atoms with van der Waals surface area (Å²) in [6.07, 6.45) is 0.391. The summed E-state index contributed by atoms with van der Waals surface area (Å²) in [5.41, 5.74) is 0.830. The second-order valence-corrected chi connectivity index (χ2v) is 4.95. The van der Waals surface area contributed by atoms with E-state index in [1.54, 1.807) is 6.92 Å². The minimum atomic E-state index is -1.15. The summed E-state index contributed by atoms with van der Waals surface area (Å²) in [4.78, 5) is 22.9. The van der Waals surface area contributed by atoms with Gasteiger partial charge in [-0.1, -0.05) is 43.7 Å². The van der Waals surface area contributed by atoms with Gasteiger partial charge in [0, 0.05) is 6.61 Å². The van der Waals surface area contributed by atoms with Gasteiger partial charge in [0.2, 0.25) is 0 Å². The summed E-state index contributed by atoms with van der Waals surface area (Å²) >= 11 is 0. The molecular weight excluding hydrogens is 286 g/mol. The maximum absolute atomic E-state index is 11.7. The number of nitrogens with one attached hydrogen (secondary N) is 1. The van der Waals surface area contributed by atoms with Crippen LogP contribution in [0.25, 0.3) is 0 Å². The Bertz CT molecular complexity index is 463. The normalized spacial score (nSPS) is 13.2. The van der Waals surface area contributed by atoms with Crippen molar-refractivity contribution < 1.29 is 24.2 Å². The Kier molecular flexibility index (Phi) is 7.99. The standard InChI is InChI=1S/C16H23NO5/c1-3-4-10-21-12(2)14(15(18)19)17-16(20)22-11-13-8-6-5-7-9-13/h5-9,12,14H,3-4,10-11H2,1-2H3,(H,17,20)(H,18,19)/t12?,14-/m0/s1. The molecule has 0 aliphatic heterocycles. The summed E-state index contributed by atoms with van der Waals surface area (Å²) in [6, 6.07) is 8.02. The molecule has 0 bridgehead atoms. The molecule has 0 saturated heterocycles. The molecule has 1 unspecified atom stereocenters. The van der Waals surface area contributed by atoms with Crippen molar-refractivity contribution in [2.45, 2.75) is 45.4 Å². The van der Waals surface area contributed by atoms with Crippen molar-refractivity contribution in [3.05, 3.63) is 35.9 Å². The van der Waals surface area contributed by atoms with Crippen molar-refractivity contribution in [2.24, 2.45) is 0 Å². The third-order valence-corrected chi connectivity index (χ3v) is 3.10. The van der Waals surface area contributed by atoms with Crippen LogP contribution in [0.15, 0.2) is 30.3 Å². The molecule has 1 aromatic carbocycles. The molecule has 2 atom stereocenters. The molecular formula is C16H23NO5. The van der Waals surface area contributed by atoms with Crippen molar-refractivity contribution in [1.29, 1.82) is 0 Å². The van der Waals surface area contributed by atoms with E-state index >= 15 is 0 Å². The van der Waals surface area contributed by atoms with Crippen LogP contribution < -0.4 is 5.32 Å². The Balaban J connectivity index is 2.44. The van der Waals surface area contributed by atoms with E-state index in [2.05, 4.69) is 5.32 Å². The van der Waals surface area contributed by atoms with Crippen molar-refractivity contribution in [3.63, 3.8) is 0 Å².